The molecule has 100 valence electrons. The number of hydrogen-bond acceptors (Lipinski definition) is 4. The van der Waals surface area contributed by atoms with Gasteiger partial charge in [0.05, 0.1) is 0 Å². The molecule has 1 aromatic rings. The van der Waals surface area contributed by atoms with Gasteiger partial charge in [-0.1, -0.05) is 20.8 Å². The van der Waals surface area contributed by atoms with E-state index in [0.717, 1.165) is 18.1 Å². The Hall–Kier alpha value is -1.32. The van der Waals surface area contributed by atoms with Gasteiger partial charge in [-0.15, -0.1) is 0 Å². The summed E-state index contributed by atoms with van der Waals surface area (Å²) >= 11 is 0. The molecule has 1 aliphatic rings. The summed E-state index contributed by atoms with van der Waals surface area (Å²) in [6, 6.07) is 2.36. The number of hydrogen-bond donors (Lipinski definition) is 2. The van der Waals surface area contributed by atoms with Crippen molar-refractivity contribution < 1.29 is 0 Å². The van der Waals surface area contributed by atoms with Crippen molar-refractivity contribution >= 4 is 11.6 Å². The average molecular weight is 248 g/mol. The molecule has 1 saturated carbocycles. The molecule has 18 heavy (non-hydrogen) atoms. The number of nitrogen functional groups attached to an aromatic ring is 1. The fraction of sp³-hybridized carbons (Fsp3) is 0.714. The first kappa shape index (κ1) is 13.1. The van der Waals surface area contributed by atoms with Gasteiger partial charge in [0, 0.05) is 18.5 Å². The molecule has 0 saturated heterocycles. The molecule has 1 aliphatic carbocycles. The Bertz CT molecular complexity index is 404. The van der Waals surface area contributed by atoms with Crippen molar-refractivity contribution in [1.29, 1.82) is 0 Å². The molecule has 1 heterocycles. The van der Waals surface area contributed by atoms with Gasteiger partial charge in [0.25, 0.3) is 0 Å². The highest BCUT2D eigenvalue weighted by Crippen LogP contribution is 2.35. The maximum atomic E-state index is 5.79. The monoisotopic (exact) mass is 248 g/mol. The summed E-state index contributed by atoms with van der Waals surface area (Å²) in [5, 5.41) is 3.50. The van der Waals surface area contributed by atoms with Crippen LogP contribution in [0.25, 0.3) is 0 Å². The van der Waals surface area contributed by atoms with Gasteiger partial charge in [-0.05, 0) is 31.1 Å². The molecule has 0 bridgehead atoms. The lowest BCUT2D eigenvalue weighted by Crippen LogP contribution is -2.30. The van der Waals surface area contributed by atoms with Crippen molar-refractivity contribution in [2.75, 3.05) is 11.1 Å². The van der Waals surface area contributed by atoms with Gasteiger partial charge in [0.1, 0.15) is 17.5 Å². The lowest BCUT2D eigenvalue weighted by molar-refractivity contribution is 0.232. The van der Waals surface area contributed by atoms with Crippen molar-refractivity contribution in [3.63, 3.8) is 0 Å². The van der Waals surface area contributed by atoms with Crippen LogP contribution in [0.2, 0.25) is 0 Å². The minimum atomic E-state index is 0.497. The Labute approximate surface area is 109 Å². The van der Waals surface area contributed by atoms with Crippen molar-refractivity contribution in [3.05, 3.63) is 11.9 Å². The van der Waals surface area contributed by atoms with E-state index in [4.69, 9.17) is 5.73 Å². The van der Waals surface area contributed by atoms with Gasteiger partial charge in [-0.2, -0.15) is 0 Å². The van der Waals surface area contributed by atoms with Crippen LogP contribution in [-0.2, 0) is 6.42 Å². The topological polar surface area (TPSA) is 63.8 Å². The second-order valence-corrected chi connectivity index (χ2v) is 6.03. The van der Waals surface area contributed by atoms with Crippen LogP contribution in [0.3, 0.4) is 0 Å². The zero-order chi connectivity index (χ0) is 13.2. The number of anilines is 2. The highest BCUT2D eigenvalue weighted by atomic mass is 15.1. The smallest absolute Gasteiger partial charge is 0.132 e. The second kappa shape index (κ2) is 5.12. The SMILES string of the molecule is CCc1nc(N)cc(NC2CCC(C)(C)CC2)n1. The third kappa shape index (κ3) is 3.34. The fourth-order valence-corrected chi connectivity index (χ4v) is 2.50. The van der Waals surface area contributed by atoms with Crippen LogP contribution in [0.1, 0.15) is 52.3 Å². The predicted octanol–water partition coefficient (Wildman–Crippen LogP) is 3.00. The highest BCUT2D eigenvalue weighted by Gasteiger charge is 2.26. The van der Waals surface area contributed by atoms with Gasteiger partial charge in [0.15, 0.2) is 0 Å². The van der Waals surface area contributed by atoms with Crippen LogP contribution in [0.5, 0.6) is 0 Å². The molecule has 0 radical (unpaired) electrons. The Balaban J connectivity index is 2.00. The van der Waals surface area contributed by atoms with E-state index in [-0.39, 0.29) is 0 Å². The molecule has 2 rings (SSSR count). The molecule has 1 fully saturated rings. The lowest BCUT2D eigenvalue weighted by atomic mass is 9.75. The maximum Gasteiger partial charge on any atom is 0.132 e. The van der Waals surface area contributed by atoms with E-state index in [1.54, 1.807) is 0 Å². The summed E-state index contributed by atoms with van der Waals surface area (Å²) in [5.74, 6) is 2.25. The Kier molecular flexibility index (Phi) is 3.73. The standard InChI is InChI=1S/C14H24N4/c1-4-12-17-11(15)9-13(18-12)16-10-5-7-14(2,3)8-6-10/h9-10H,4-8H2,1-3H3,(H3,15,16,17,18). The molecule has 4 nitrogen and oxygen atoms in total. The number of nitrogens with one attached hydrogen (secondary N) is 1. The average Bonchev–Trinajstić information content (AvgIpc) is 2.31. The quantitative estimate of drug-likeness (QED) is 0.863. The molecular weight excluding hydrogens is 224 g/mol. The number of nitrogens with two attached hydrogens (primary N) is 1. The lowest BCUT2D eigenvalue weighted by Gasteiger charge is -2.34. The van der Waals surface area contributed by atoms with Crippen molar-refractivity contribution in [1.82, 2.24) is 9.97 Å². The zero-order valence-corrected chi connectivity index (χ0v) is 11.7. The number of rotatable bonds is 3. The predicted molar refractivity (Wildman–Crippen MR) is 75.5 cm³/mol. The van der Waals surface area contributed by atoms with Gasteiger partial charge in [0.2, 0.25) is 0 Å². The maximum absolute atomic E-state index is 5.79. The van der Waals surface area contributed by atoms with Crippen LogP contribution in [0.4, 0.5) is 11.6 Å². The Morgan fingerprint density at radius 3 is 2.61 bits per heavy atom. The third-order valence-electron chi connectivity index (χ3n) is 3.80. The number of aromatic nitrogens is 2. The van der Waals surface area contributed by atoms with E-state index in [9.17, 15) is 0 Å². The number of aryl methyl sites for hydroxylation is 1. The summed E-state index contributed by atoms with van der Waals surface area (Å²) in [6.07, 6.45) is 5.77. The van der Waals surface area contributed by atoms with Crippen LogP contribution in [0, 0.1) is 5.41 Å². The number of nitrogens with zero attached hydrogens (tertiary/aromatic N) is 2. The molecule has 0 spiro atoms. The molecule has 0 aliphatic heterocycles. The molecule has 3 N–H and O–H groups in total. The van der Waals surface area contributed by atoms with Crippen LogP contribution < -0.4 is 11.1 Å². The van der Waals surface area contributed by atoms with E-state index in [2.05, 4.69) is 29.1 Å². The van der Waals surface area contributed by atoms with Gasteiger partial charge in [-0.3, -0.25) is 0 Å². The summed E-state index contributed by atoms with van der Waals surface area (Å²) in [7, 11) is 0. The molecule has 0 atom stereocenters. The normalized spacial score (nSPS) is 19.7. The minimum Gasteiger partial charge on any atom is -0.384 e. The van der Waals surface area contributed by atoms with Crippen molar-refractivity contribution in [2.24, 2.45) is 5.41 Å². The van der Waals surface area contributed by atoms with Gasteiger partial charge in [-0.25, -0.2) is 9.97 Å². The molecular formula is C14H24N4. The Morgan fingerprint density at radius 2 is 2.00 bits per heavy atom. The fourth-order valence-electron chi connectivity index (χ4n) is 2.50. The molecule has 4 heteroatoms. The van der Waals surface area contributed by atoms with E-state index in [1.807, 2.05) is 13.0 Å². The van der Waals surface area contributed by atoms with Crippen molar-refractivity contribution in [3.8, 4) is 0 Å². The van der Waals surface area contributed by atoms with Crippen LogP contribution in [-0.4, -0.2) is 16.0 Å². The first-order valence-electron chi connectivity index (χ1n) is 6.88. The van der Waals surface area contributed by atoms with Crippen LogP contribution >= 0.6 is 0 Å². The summed E-state index contributed by atoms with van der Waals surface area (Å²) < 4.78 is 0. The molecule has 0 aromatic carbocycles. The summed E-state index contributed by atoms with van der Waals surface area (Å²) in [6.45, 7) is 6.74. The first-order chi connectivity index (χ1) is 8.48. The molecule has 0 unspecified atom stereocenters. The van der Waals surface area contributed by atoms with Crippen molar-refractivity contribution in [2.45, 2.75) is 58.9 Å². The minimum absolute atomic E-state index is 0.497. The largest absolute Gasteiger partial charge is 0.384 e. The van der Waals surface area contributed by atoms with Crippen LogP contribution in [0.15, 0.2) is 6.07 Å². The third-order valence-corrected chi connectivity index (χ3v) is 3.80. The zero-order valence-electron chi connectivity index (χ0n) is 11.7. The second-order valence-electron chi connectivity index (χ2n) is 6.03. The summed E-state index contributed by atoms with van der Waals surface area (Å²) in [5.41, 5.74) is 6.29. The van der Waals surface area contributed by atoms with E-state index in [1.165, 1.54) is 25.7 Å². The van der Waals surface area contributed by atoms with E-state index < -0.39 is 0 Å². The van der Waals surface area contributed by atoms with E-state index in [0.29, 0.717) is 17.3 Å². The highest BCUT2D eigenvalue weighted by molar-refractivity contribution is 5.45. The molecule has 1 aromatic heterocycles. The van der Waals surface area contributed by atoms with Gasteiger partial charge >= 0.3 is 0 Å². The Morgan fingerprint density at radius 1 is 1.33 bits per heavy atom. The summed E-state index contributed by atoms with van der Waals surface area (Å²) in [4.78, 5) is 8.68. The van der Waals surface area contributed by atoms with Gasteiger partial charge < -0.3 is 11.1 Å². The first-order valence-corrected chi connectivity index (χ1v) is 6.88. The van der Waals surface area contributed by atoms with E-state index >= 15 is 0 Å². The molecule has 0 amide bonds.